The van der Waals surface area contributed by atoms with Gasteiger partial charge in [0.2, 0.25) is 8.40 Å². The maximum absolute atomic E-state index is 5.71. The number of nitrogens with zero attached hydrogens (tertiary/aromatic N) is 2. The van der Waals surface area contributed by atoms with Crippen LogP contribution in [-0.4, -0.2) is 50.4 Å². The van der Waals surface area contributed by atoms with Crippen molar-refractivity contribution < 1.29 is 0 Å². The Hall–Kier alpha value is 0.934. The highest BCUT2D eigenvalue weighted by Gasteiger charge is 2.51. The molecule has 4 aliphatic rings. The van der Waals surface area contributed by atoms with Crippen LogP contribution < -0.4 is 0 Å². The lowest BCUT2D eigenvalue weighted by Gasteiger charge is -2.52. The second-order valence-corrected chi connectivity index (χ2v) is 18.8. The van der Waals surface area contributed by atoms with E-state index in [0.717, 1.165) is 12.1 Å². The summed E-state index contributed by atoms with van der Waals surface area (Å²) >= 11 is 11.4. The van der Waals surface area contributed by atoms with Gasteiger partial charge in [0.15, 0.2) is 0 Å². The predicted molar refractivity (Wildman–Crippen MR) is 93.3 cm³/mol. The molecular weight excluding hydrogens is 323 g/mol. The second-order valence-electron chi connectivity index (χ2n) is 6.93. The van der Waals surface area contributed by atoms with Crippen molar-refractivity contribution in [3.05, 3.63) is 0 Å². The Morgan fingerprint density at radius 2 is 0.900 bits per heavy atom. The molecule has 116 valence electrons. The van der Waals surface area contributed by atoms with E-state index in [1.165, 1.54) is 64.7 Å². The molecule has 0 aromatic heterocycles. The van der Waals surface area contributed by atoms with E-state index in [1.54, 1.807) is 12.1 Å². The maximum atomic E-state index is 5.71. The maximum Gasteiger partial charge on any atom is 0.251 e. The van der Waals surface area contributed by atoms with Gasteiger partial charge in [-0.2, -0.15) is 0 Å². The molecule has 0 N–H and O–H groups in total. The minimum atomic E-state index is -1.51. The van der Waals surface area contributed by atoms with Crippen molar-refractivity contribution in [2.75, 3.05) is 26.2 Å². The van der Waals surface area contributed by atoms with Crippen LogP contribution >= 0.6 is 22.2 Å². The Labute approximate surface area is 135 Å². The van der Waals surface area contributed by atoms with Gasteiger partial charge in [-0.15, -0.1) is 22.2 Å². The topological polar surface area (TPSA) is 6.48 Å². The molecule has 4 rings (SSSR count). The van der Waals surface area contributed by atoms with E-state index in [2.05, 4.69) is 9.13 Å². The zero-order valence-corrected chi connectivity index (χ0v) is 16.1. The Bertz CT molecular complexity index is 301. The van der Waals surface area contributed by atoms with Crippen molar-refractivity contribution in [1.29, 1.82) is 0 Å². The molecule has 4 saturated heterocycles. The Balaban J connectivity index is 0.000000170. The summed E-state index contributed by atoms with van der Waals surface area (Å²) in [6, 6.07) is 5.42. The molecule has 4 heterocycles. The van der Waals surface area contributed by atoms with Gasteiger partial charge in [0.05, 0.1) is 0 Å². The zero-order valence-electron chi connectivity index (χ0n) is 12.5. The molecule has 4 aliphatic heterocycles. The van der Waals surface area contributed by atoms with Crippen molar-refractivity contribution in [3.8, 4) is 0 Å². The minimum absolute atomic E-state index is 1.01. The van der Waals surface area contributed by atoms with Crippen LogP contribution in [0.4, 0.5) is 0 Å². The first-order valence-corrected chi connectivity index (χ1v) is 15.3. The average molecular weight is 351 g/mol. The van der Waals surface area contributed by atoms with Crippen molar-refractivity contribution in [2.24, 2.45) is 0 Å². The molecule has 20 heavy (non-hydrogen) atoms. The molecule has 6 heteroatoms. The summed E-state index contributed by atoms with van der Waals surface area (Å²) < 4.78 is 5.86. The van der Waals surface area contributed by atoms with Crippen LogP contribution in [0.5, 0.6) is 0 Å². The molecule has 0 aromatic carbocycles. The van der Waals surface area contributed by atoms with E-state index in [1.807, 2.05) is 0 Å². The van der Waals surface area contributed by atoms with Gasteiger partial charge in [0.25, 0.3) is 6.69 Å². The molecule has 0 bridgehead atoms. The van der Waals surface area contributed by atoms with Gasteiger partial charge in [0, 0.05) is 0 Å². The van der Waals surface area contributed by atoms with Gasteiger partial charge >= 0.3 is 0 Å². The monoisotopic (exact) mass is 350 g/mol. The van der Waals surface area contributed by atoms with E-state index in [4.69, 9.17) is 22.2 Å². The van der Waals surface area contributed by atoms with Gasteiger partial charge in [-0.3, -0.25) is 0 Å². The minimum Gasteiger partial charge on any atom is -0.312 e. The van der Waals surface area contributed by atoms with Crippen LogP contribution in [0, 0.1) is 0 Å². The Kier molecular flexibility index (Phi) is 5.21. The van der Waals surface area contributed by atoms with Crippen LogP contribution in [0.3, 0.4) is 0 Å². The molecule has 0 unspecified atom stereocenters. The third-order valence-electron chi connectivity index (χ3n) is 5.63. The normalized spacial score (nSPS) is 32.1. The predicted octanol–water partition coefficient (Wildman–Crippen LogP) is 4.33. The third-order valence-corrected chi connectivity index (χ3v) is 15.6. The molecule has 0 aromatic rings. The second kappa shape index (κ2) is 6.59. The summed E-state index contributed by atoms with van der Waals surface area (Å²) in [5, 5.41) is 0. The summed E-state index contributed by atoms with van der Waals surface area (Å²) in [6.07, 6.45) is 8.69. The van der Waals surface area contributed by atoms with Gasteiger partial charge in [0.1, 0.15) is 0 Å². The lowest BCUT2D eigenvalue weighted by molar-refractivity contribution is 0.367. The van der Waals surface area contributed by atoms with Crippen LogP contribution in [0.25, 0.3) is 0 Å². The van der Waals surface area contributed by atoms with Crippen LogP contribution in [0.1, 0.15) is 38.5 Å². The van der Waals surface area contributed by atoms with Gasteiger partial charge < -0.3 is 9.13 Å². The average Bonchev–Trinajstić information content (AvgIpc) is 2.99. The smallest absolute Gasteiger partial charge is 0.251 e. The number of halogens is 2. The molecule has 2 nitrogen and oxygen atoms in total. The molecular formula is C14H28Cl2N2Si2. The molecule has 4 fully saturated rings. The lowest BCUT2D eigenvalue weighted by Crippen LogP contribution is -2.67. The summed E-state index contributed by atoms with van der Waals surface area (Å²) in [6.45, 7) is 4.23. The van der Waals surface area contributed by atoms with Crippen LogP contribution in [0.2, 0.25) is 24.2 Å². The molecule has 0 spiro atoms. The van der Waals surface area contributed by atoms with Crippen molar-refractivity contribution in [2.45, 2.75) is 62.7 Å². The highest BCUT2D eigenvalue weighted by molar-refractivity contribution is 7.46. The summed E-state index contributed by atoms with van der Waals surface area (Å²) in [5.74, 6) is 0. The fourth-order valence-corrected chi connectivity index (χ4v) is 11.5. The molecule has 0 radical (unpaired) electrons. The first kappa shape index (κ1) is 15.8. The molecule has 0 aliphatic carbocycles. The zero-order chi connectivity index (χ0) is 14.1. The highest BCUT2D eigenvalue weighted by atomic mass is 35.7. The van der Waals surface area contributed by atoms with Crippen molar-refractivity contribution >= 4 is 37.2 Å². The fraction of sp³-hybridized carbons (Fsp3) is 1.00. The molecule has 0 atom stereocenters. The number of rotatable bonds is 2. The standard InChI is InChI=1S/C11H22N2Si.C3H6Cl2Si/c1-2-7-12(6-1)14(10-5-11-14)13-8-3-4-9-13;4-6(5)2-1-3-6/h1-11H2;1-3H2. The van der Waals surface area contributed by atoms with Crippen LogP contribution in [0.15, 0.2) is 0 Å². The number of hydrogen-bond acceptors (Lipinski definition) is 2. The first-order chi connectivity index (χ1) is 9.62. The van der Waals surface area contributed by atoms with E-state index in [0.29, 0.717) is 0 Å². The van der Waals surface area contributed by atoms with Crippen molar-refractivity contribution in [3.63, 3.8) is 0 Å². The van der Waals surface area contributed by atoms with E-state index < -0.39 is 15.1 Å². The molecule has 0 amide bonds. The van der Waals surface area contributed by atoms with Crippen LogP contribution in [-0.2, 0) is 0 Å². The largest absolute Gasteiger partial charge is 0.312 e. The quantitative estimate of drug-likeness (QED) is 0.540. The van der Waals surface area contributed by atoms with Gasteiger partial charge in [-0.05, 0) is 76.0 Å². The van der Waals surface area contributed by atoms with Crippen molar-refractivity contribution in [1.82, 2.24) is 9.13 Å². The van der Waals surface area contributed by atoms with Gasteiger partial charge in [-0.25, -0.2) is 0 Å². The van der Waals surface area contributed by atoms with E-state index in [9.17, 15) is 0 Å². The molecule has 0 saturated carbocycles. The third kappa shape index (κ3) is 3.30. The van der Waals surface area contributed by atoms with Gasteiger partial charge in [-0.1, -0.05) is 12.8 Å². The summed E-state index contributed by atoms with van der Waals surface area (Å²) in [4.78, 5) is 0. The Morgan fingerprint density at radius 1 is 0.550 bits per heavy atom. The number of hydrogen-bond donors (Lipinski definition) is 0. The van der Waals surface area contributed by atoms with E-state index in [-0.39, 0.29) is 0 Å². The summed E-state index contributed by atoms with van der Waals surface area (Å²) in [5.41, 5.74) is 0. The fourth-order valence-electron chi connectivity index (χ4n) is 4.04. The SMILES string of the molecule is C1CCN([Si]2(N3CCCC3)CCC2)C1.Cl[Si]1(Cl)CCC1. The highest BCUT2D eigenvalue weighted by Crippen LogP contribution is 2.41. The summed E-state index contributed by atoms with van der Waals surface area (Å²) in [7, 11) is -1.01. The Morgan fingerprint density at radius 3 is 1.10 bits per heavy atom. The van der Waals surface area contributed by atoms with E-state index >= 15 is 0 Å². The lowest BCUT2D eigenvalue weighted by atomic mass is 10.4. The first-order valence-electron chi connectivity index (χ1n) is 8.50.